The molecule has 2 rings (SSSR count). The van der Waals surface area contributed by atoms with Gasteiger partial charge in [-0.3, -0.25) is 9.59 Å². The van der Waals surface area contributed by atoms with Gasteiger partial charge in [0.2, 0.25) is 5.91 Å². The van der Waals surface area contributed by atoms with Gasteiger partial charge in [0.1, 0.15) is 0 Å². The highest BCUT2D eigenvalue weighted by molar-refractivity contribution is 7.11. The number of halogens is 1. The largest absolute Gasteiger partial charge is 0.349 e. The second kappa shape index (κ2) is 7.70. The van der Waals surface area contributed by atoms with E-state index in [0.717, 1.165) is 15.6 Å². The fourth-order valence-electron chi connectivity index (χ4n) is 2.34. The van der Waals surface area contributed by atoms with Gasteiger partial charge in [-0.1, -0.05) is 11.6 Å². The Morgan fingerprint density at radius 3 is 2.43 bits per heavy atom. The lowest BCUT2D eigenvalue weighted by molar-refractivity contribution is -0.121. The van der Waals surface area contributed by atoms with Crippen LogP contribution in [-0.4, -0.2) is 16.7 Å². The minimum Gasteiger partial charge on any atom is -0.349 e. The lowest BCUT2D eigenvalue weighted by Crippen LogP contribution is -2.26. The lowest BCUT2D eigenvalue weighted by Gasteiger charge is -2.12. The third kappa shape index (κ3) is 4.88. The van der Waals surface area contributed by atoms with E-state index >= 15 is 0 Å². The summed E-state index contributed by atoms with van der Waals surface area (Å²) in [4.78, 5) is 29.5. The monoisotopic (exact) mass is 350 g/mol. The number of benzene rings is 1. The van der Waals surface area contributed by atoms with Crippen molar-refractivity contribution in [2.24, 2.45) is 0 Å². The first-order valence-electron chi connectivity index (χ1n) is 7.39. The van der Waals surface area contributed by atoms with Crippen LogP contribution in [0.5, 0.6) is 0 Å². The van der Waals surface area contributed by atoms with Crippen molar-refractivity contribution in [3.63, 3.8) is 0 Å². The number of aryl methyl sites for hydroxylation is 2. The van der Waals surface area contributed by atoms with Gasteiger partial charge >= 0.3 is 0 Å². The van der Waals surface area contributed by atoms with E-state index in [4.69, 9.17) is 11.6 Å². The van der Waals surface area contributed by atoms with Gasteiger partial charge in [-0.2, -0.15) is 0 Å². The average molecular weight is 351 g/mol. The molecule has 1 aromatic carbocycles. The maximum absolute atomic E-state index is 12.0. The minimum absolute atomic E-state index is 0.0608. The second-order valence-corrected chi connectivity index (χ2v) is 7.07. The van der Waals surface area contributed by atoms with Crippen LogP contribution in [0.15, 0.2) is 24.3 Å². The number of ketones is 1. The van der Waals surface area contributed by atoms with E-state index in [-0.39, 0.29) is 30.6 Å². The van der Waals surface area contributed by atoms with E-state index in [0.29, 0.717) is 10.6 Å². The van der Waals surface area contributed by atoms with Crippen LogP contribution in [0.2, 0.25) is 5.02 Å². The van der Waals surface area contributed by atoms with Gasteiger partial charge in [0.05, 0.1) is 16.7 Å². The van der Waals surface area contributed by atoms with Crippen molar-refractivity contribution in [1.82, 2.24) is 10.3 Å². The Kier molecular flexibility index (Phi) is 5.91. The molecular formula is C17H19ClN2O2S. The van der Waals surface area contributed by atoms with Crippen LogP contribution < -0.4 is 5.32 Å². The van der Waals surface area contributed by atoms with Crippen LogP contribution in [0.25, 0.3) is 0 Å². The SMILES string of the molecule is Cc1nc(C)c([C@@H](C)NC(=O)CCC(=O)c2ccc(Cl)cc2)s1. The van der Waals surface area contributed by atoms with Gasteiger partial charge in [0.15, 0.2) is 5.78 Å². The standard InChI is InChI=1S/C17H19ClN2O2S/c1-10-17(23-12(3)19-10)11(2)20-16(22)9-8-15(21)13-4-6-14(18)7-5-13/h4-7,11H,8-9H2,1-3H3,(H,20,22)/t11-/m1/s1. The molecule has 0 bridgehead atoms. The predicted octanol–water partition coefficient (Wildman–Crippen LogP) is 4.25. The number of rotatable bonds is 6. The van der Waals surface area contributed by atoms with E-state index in [2.05, 4.69) is 10.3 Å². The number of carbonyl (C=O) groups excluding carboxylic acids is 2. The van der Waals surface area contributed by atoms with Crippen molar-refractivity contribution in [2.75, 3.05) is 0 Å². The van der Waals surface area contributed by atoms with Crippen LogP contribution >= 0.6 is 22.9 Å². The van der Waals surface area contributed by atoms with Crippen molar-refractivity contribution >= 4 is 34.6 Å². The number of nitrogens with zero attached hydrogens (tertiary/aromatic N) is 1. The first-order valence-corrected chi connectivity index (χ1v) is 8.58. The van der Waals surface area contributed by atoms with Gasteiger partial charge < -0.3 is 5.32 Å². The minimum atomic E-state index is -0.134. The fraction of sp³-hybridized carbons (Fsp3) is 0.353. The normalized spacial score (nSPS) is 12.0. The highest BCUT2D eigenvalue weighted by atomic mass is 35.5. The van der Waals surface area contributed by atoms with Gasteiger partial charge in [-0.15, -0.1) is 11.3 Å². The van der Waals surface area contributed by atoms with Gasteiger partial charge in [0, 0.05) is 28.3 Å². The molecule has 1 atom stereocenters. The summed E-state index contributed by atoms with van der Waals surface area (Å²) in [5, 5.41) is 4.49. The number of aromatic nitrogens is 1. The molecular weight excluding hydrogens is 332 g/mol. The molecule has 0 saturated heterocycles. The molecule has 0 aliphatic rings. The molecule has 0 aliphatic carbocycles. The molecule has 122 valence electrons. The van der Waals surface area contributed by atoms with E-state index in [1.807, 2.05) is 20.8 Å². The molecule has 4 nitrogen and oxygen atoms in total. The van der Waals surface area contributed by atoms with Crippen molar-refractivity contribution in [2.45, 2.75) is 39.7 Å². The summed E-state index contributed by atoms with van der Waals surface area (Å²) in [6, 6.07) is 6.60. The molecule has 0 unspecified atom stereocenters. The zero-order chi connectivity index (χ0) is 17.0. The van der Waals surface area contributed by atoms with Crippen LogP contribution in [0.3, 0.4) is 0 Å². The quantitative estimate of drug-likeness (QED) is 0.792. The highest BCUT2D eigenvalue weighted by Crippen LogP contribution is 2.24. The Morgan fingerprint density at radius 1 is 1.22 bits per heavy atom. The van der Waals surface area contributed by atoms with Crippen molar-refractivity contribution < 1.29 is 9.59 Å². The molecule has 23 heavy (non-hydrogen) atoms. The number of hydrogen-bond donors (Lipinski definition) is 1. The number of Topliss-reactive ketones (excluding diaryl/α,β-unsaturated/α-hetero) is 1. The highest BCUT2D eigenvalue weighted by Gasteiger charge is 2.16. The van der Waals surface area contributed by atoms with Crippen LogP contribution in [0, 0.1) is 13.8 Å². The summed E-state index contributed by atoms with van der Waals surface area (Å²) < 4.78 is 0. The predicted molar refractivity (Wildman–Crippen MR) is 93.2 cm³/mol. The molecule has 1 heterocycles. The molecule has 1 N–H and O–H groups in total. The number of nitrogens with one attached hydrogen (secondary N) is 1. The molecule has 1 amide bonds. The molecule has 0 spiro atoms. The fourth-order valence-corrected chi connectivity index (χ4v) is 3.39. The maximum Gasteiger partial charge on any atom is 0.220 e. The summed E-state index contributed by atoms with van der Waals surface area (Å²) in [5.41, 5.74) is 1.52. The second-order valence-electron chi connectivity index (χ2n) is 5.40. The van der Waals surface area contributed by atoms with E-state index in [1.54, 1.807) is 35.6 Å². The summed E-state index contributed by atoms with van der Waals surface area (Å²) in [6.07, 6.45) is 0.351. The summed E-state index contributed by atoms with van der Waals surface area (Å²) >= 11 is 7.38. The zero-order valence-corrected chi connectivity index (χ0v) is 14.9. The Balaban J connectivity index is 1.86. The Labute approximate surface area is 144 Å². The third-order valence-electron chi connectivity index (χ3n) is 3.46. The number of amides is 1. The third-order valence-corrected chi connectivity index (χ3v) is 4.96. The van der Waals surface area contributed by atoms with Gasteiger partial charge in [0.25, 0.3) is 0 Å². The number of carbonyl (C=O) groups is 2. The number of thiazole rings is 1. The smallest absolute Gasteiger partial charge is 0.220 e. The maximum atomic E-state index is 12.0. The molecule has 6 heteroatoms. The van der Waals surface area contributed by atoms with E-state index < -0.39 is 0 Å². The van der Waals surface area contributed by atoms with Crippen LogP contribution in [0.1, 0.15) is 51.7 Å². The molecule has 0 aliphatic heterocycles. The van der Waals surface area contributed by atoms with Crippen molar-refractivity contribution in [3.8, 4) is 0 Å². The summed E-state index contributed by atoms with van der Waals surface area (Å²) in [5.74, 6) is -0.195. The molecule has 0 fully saturated rings. The number of hydrogen-bond acceptors (Lipinski definition) is 4. The molecule has 0 radical (unpaired) electrons. The van der Waals surface area contributed by atoms with E-state index in [1.165, 1.54) is 0 Å². The molecule has 0 saturated carbocycles. The lowest BCUT2D eigenvalue weighted by atomic mass is 10.1. The topological polar surface area (TPSA) is 59.1 Å². The Hall–Kier alpha value is -1.72. The zero-order valence-electron chi connectivity index (χ0n) is 13.4. The van der Waals surface area contributed by atoms with Crippen molar-refractivity contribution in [1.29, 1.82) is 0 Å². The average Bonchev–Trinajstić information content (AvgIpc) is 2.84. The first kappa shape index (κ1) is 17.6. The summed E-state index contributed by atoms with van der Waals surface area (Å²) in [6.45, 7) is 5.81. The Morgan fingerprint density at radius 2 is 1.87 bits per heavy atom. The summed E-state index contributed by atoms with van der Waals surface area (Å²) in [7, 11) is 0. The van der Waals surface area contributed by atoms with Crippen molar-refractivity contribution in [3.05, 3.63) is 50.4 Å². The first-order chi connectivity index (χ1) is 10.9. The van der Waals surface area contributed by atoms with Gasteiger partial charge in [-0.25, -0.2) is 4.98 Å². The molecule has 1 aromatic heterocycles. The van der Waals surface area contributed by atoms with Crippen LogP contribution in [0.4, 0.5) is 0 Å². The van der Waals surface area contributed by atoms with Crippen LogP contribution in [-0.2, 0) is 4.79 Å². The molecule has 2 aromatic rings. The van der Waals surface area contributed by atoms with E-state index in [9.17, 15) is 9.59 Å². The van der Waals surface area contributed by atoms with Gasteiger partial charge in [-0.05, 0) is 45.0 Å². The Bertz CT molecular complexity index is 710.